The maximum Gasteiger partial charge on any atom is 0.303 e. The first-order valence-corrected chi connectivity index (χ1v) is 10.3. The third-order valence-corrected chi connectivity index (χ3v) is 8.39. The third-order valence-electron chi connectivity index (χ3n) is 8.39. The molecule has 0 bridgehead atoms. The van der Waals surface area contributed by atoms with Gasteiger partial charge in [-0.2, -0.15) is 0 Å². The van der Waals surface area contributed by atoms with Gasteiger partial charge >= 0.3 is 5.97 Å². The molecule has 4 N–H and O–H groups in total. The van der Waals surface area contributed by atoms with E-state index in [-0.39, 0.29) is 6.42 Å². The van der Waals surface area contributed by atoms with E-state index in [9.17, 15) is 30.0 Å². The van der Waals surface area contributed by atoms with Gasteiger partial charge in [-0.3, -0.25) is 9.59 Å². The van der Waals surface area contributed by atoms with Crippen LogP contribution in [0.1, 0.15) is 60.3 Å². The summed E-state index contributed by atoms with van der Waals surface area (Å²) in [5.41, 5.74) is -6.93. The summed E-state index contributed by atoms with van der Waals surface area (Å²) in [7, 11) is 0. The van der Waals surface area contributed by atoms with Crippen LogP contribution in [0, 0.1) is 22.7 Å². The summed E-state index contributed by atoms with van der Waals surface area (Å²) >= 11 is 0. The van der Waals surface area contributed by atoms with Crippen LogP contribution >= 0.6 is 0 Å². The molecule has 7 nitrogen and oxygen atoms in total. The summed E-state index contributed by atoms with van der Waals surface area (Å²) < 4.78 is 6.28. The van der Waals surface area contributed by atoms with Crippen molar-refractivity contribution in [2.45, 2.75) is 89.3 Å². The number of rotatable bonds is 3. The number of Topliss-reactive ketones (excluding diaryl/α,β-unsaturated/α-hetero) is 1. The van der Waals surface area contributed by atoms with E-state index in [2.05, 4.69) is 6.58 Å². The Morgan fingerprint density at radius 1 is 1.24 bits per heavy atom. The molecule has 3 fully saturated rings. The molecule has 1 aliphatic heterocycles. The fourth-order valence-electron chi connectivity index (χ4n) is 6.94. The summed E-state index contributed by atoms with van der Waals surface area (Å²) in [6.07, 6.45) is -0.446. The molecule has 0 spiro atoms. The van der Waals surface area contributed by atoms with Gasteiger partial charge < -0.3 is 25.2 Å². The zero-order chi connectivity index (χ0) is 22.2. The number of aliphatic hydroxyl groups is 3. The molecule has 3 rings (SSSR count). The summed E-state index contributed by atoms with van der Waals surface area (Å²) in [4.78, 5) is 25.3. The van der Waals surface area contributed by atoms with E-state index in [1.807, 2.05) is 13.8 Å². The highest BCUT2D eigenvalue weighted by molar-refractivity contribution is 5.92. The van der Waals surface area contributed by atoms with Crippen molar-refractivity contribution in [3.63, 3.8) is 0 Å². The highest BCUT2D eigenvalue weighted by atomic mass is 16.5. The van der Waals surface area contributed by atoms with Crippen LogP contribution in [0.3, 0.4) is 0 Å². The SMILES string of the molecule is C=C[C@@]1(C)CC(=O)[C@]2(O)[C@@]3(C)[C@@H](O)CCC(C)(C)[C@@H]3C(O)[C@H](CC(=O)O)[C@@]2(C)O1. The Morgan fingerprint density at radius 3 is 2.34 bits per heavy atom. The minimum Gasteiger partial charge on any atom is -0.481 e. The number of carboxylic acid groups (broad SMARTS) is 1. The van der Waals surface area contributed by atoms with Gasteiger partial charge in [0.1, 0.15) is 5.60 Å². The van der Waals surface area contributed by atoms with Crippen molar-refractivity contribution in [2.24, 2.45) is 22.7 Å². The number of carbonyl (C=O) groups is 2. The third kappa shape index (κ3) is 2.63. The molecule has 0 aromatic carbocycles. The molecule has 0 aromatic rings. The van der Waals surface area contributed by atoms with Gasteiger partial charge in [-0.05, 0) is 32.1 Å². The van der Waals surface area contributed by atoms with Gasteiger partial charge in [0, 0.05) is 23.7 Å². The van der Waals surface area contributed by atoms with E-state index in [4.69, 9.17) is 4.74 Å². The minimum absolute atomic E-state index is 0.145. The Hall–Kier alpha value is -1.28. The number of aliphatic hydroxyl groups excluding tert-OH is 2. The molecule has 2 aliphatic carbocycles. The van der Waals surface area contributed by atoms with Crippen LogP contribution < -0.4 is 0 Å². The lowest BCUT2D eigenvalue weighted by Gasteiger charge is -2.71. The van der Waals surface area contributed by atoms with Crippen LogP contribution in [0.25, 0.3) is 0 Å². The Kier molecular flexibility index (Phi) is 4.91. The standard InChI is InChI=1S/C22H34O7/c1-7-19(4)11-14(24)22(28)20(5)13(23)8-9-18(2,3)17(20)16(27)12(10-15(25)26)21(22,6)29-19/h7,12-13,16-17,23,27-28H,1,8-11H2,2-6H3,(H,25,26)/t12-,13-,16?,17-,19-,20-,21+,22-/m0/s1. The van der Waals surface area contributed by atoms with Crippen molar-refractivity contribution >= 4 is 11.8 Å². The van der Waals surface area contributed by atoms with E-state index in [0.29, 0.717) is 12.8 Å². The summed E-state index contributed by atoms with van der Waals surface area (Å²) in [6, 6.07) is 0. The predicted molar refractivity (Wildman–Crippen MR) is 105 cm³/mol. The molecule has 1 unspecified atom stereocenters. The number of aliphatic carboxylic acids is 1. The Balaban J connectivity index is 2.33. The summed E-state index contributed by atoms with van der Waals surface area (Å²) in [6.45, 7) is 12.4. The zero-order valence-electron chi connectivity index (χ0n) is 17.9. The molecular weight excluding hydrogens is 376 g/mol. The van der Waals surface area contributed by atoms with Crippen LogP contribution in [0.2, 0.25) is 0 Å². The molecule has 1 heterocycles. The molecule has 0 amide bonds. The first-order chi connectivity index (χ1) is 13.1. The van der Waals surface area contributed by atoms with E-state index < -0.39 is 69.9 Å². The van der Waals surface area contributed by atoms with Crippen LogP contribution in [0.4, 0.5) is 0 Å². The number of hydrogen-bond acceptors (Lipinski definition) is 6. The molecule has 8 atom stereocenters. The molecule has 0 radical (unpaired) electrons. The van der Waals surface area contributed by atoms with Crippen molar-refractivity contribution in [2.75, 3.05) is 0 Å². The second-order valence-corrected chi connectivity index (χ2v) is 10.5. The number of carbonyl (C=O) groups excluding carboxylic acids is 1. The molecule has 3 aliphatic rings. The first-order valence-electron chi connectivity index (χ1n) is 10.3. The summed E-state index contributed by atoms with van der Waals surface area (Å²) in [5, 5.41) is 44.3. The van der Waals surface area contributed by atoms with Gasteiger partial charge in [0.15, 0.2) is 11.4 Å². The van der Waals surface area contributed by atoms with Crippen molar-refractivity contribution in [1.29, 1.82) is 0 Å². The maximum atomic E-state index is 13.6. The monoisotopic (exact) mass is 410 g/mol. The Morgan fingerprint density at radius 2 is 1.83 bits per heavy atom. The number of fused-ring (bicyclic) bond motifs is 3. The van der Waals surface area contributed by atoms with Gasteiger partial charge in [-0.15, -0.1) is 6.58 Å². The van der Waals surface area contributed by atoms with Gasteiger partial charge in [0.2, 0.25) is 0 Å². The molecule has 164 valence electrons. The lowest BCUT2D eigenvalue weighted by atomic mass is 9.38. The van der Waals surface area contributed by atoms with Gasteiger partial charge in [-0.25, -0.2) is 0 Å². The summed E-state index contributed by atoms with van der Waals surface area (Å²) in [5.74, 6) is -3.41. The number of hydrogen-bond donors (Lipinski definition) is 4. The van der Waals surface area contributed by atoms with Gasteiger partial charge in [-0.1, -0.05) is 26.8 Å². The fraction of sp³-hybridized carbons (Fsp3) is 0.818. The lowest BCUT2D eigenvalue weighted by molar-refractivity contribution is -0.361. The average Bonchev–Trinajstić information content (AvgIpc) is 2.59. The topological polar surface area (TPSA) is 124 Å². The zero-order valence-corrected chi connectivity index (χ0v) is 17.9. The predicted octanol–water partition coefficient (Wildman–Crippen LogP) is 1.68. The smallest absolute Gasteiger partial charge is 0.303 e. The largest absolute Gasteiger partial charge is 0.481 e. The normalized spacial score (nSPS) is 51.7. The number of ether oxygens (including phenoxy) is 1. The number of carboxylic acids is 1. The molecule has 0 aromatic heterocycles. The molecule has 29 heavy (non-hydrogen) atoms. The van der Waals surface area contributed by atoms with E-state index in [1.165, 1.54) is 13.0 Å². The fourth-order valence-corrected chi connectivity index (χ4v) is 6.94. The van der Waals surface area contributed by atoms with Crippen molar-refractivity contribution in [3.8, 4) is 0 Å². The average molecular weight is 411 g/mol. The maximum absolute atomic E-state index is 13.6. The Bertz CT molecular complexity index is 747. The van der Waals surface area contributed by atoms with Crippen molar-refractivity contribution < 1.29 is 34.8 Å². The van der Waals surface area contributed by atoms with E-state index in [0.717, 1.165) is 0 Å². The number of ketones is 1. The molecule has 1 saturated heterocycles. The molecule has 2 saturated carbocycles. The molecule has 7 heteroatoms. The minimum atomic E-state index is -2.16. The highest BCUT2D eigenvalue weighted by Gasteiger charge is 2.80. The van der Waals surface area contributed by atoms with Gasteiger partial charge in [0.05, 0.1) is 24.2 Å². The van der Waals surface area contributed by atoms with Crippen molar-refractivity contribution in [1.82, 2.24) is 0 Å². The first kappa shape index (κ1) is 22.4. The van der Waals surface area contributed by atoms with E-state index >= 15 is 0 Å². The second kappa shape index (κ2) is 6.36. The van der Waals surface area contributed by atoms with Crippen molar-refractivity contribution in [3.05, 3.63) is 12.7 Å². The second-order valence-electron chi connectivity index (χ2n) is 10.5. The van der Waals surface area contributed by atoms with E-state index in [1.54, 1.807) is 13.8 Å². The van der Waals surface area contributed by atoms with Crippen LogP contribution in [-0.2, 0) is 14.3 Å². The Labute approximate surface area is 171 Å². The molecular formula is C22H34O7. The van der Waals surface area contributed by atoms with Crippen LogP contribution in [0.15, 0.2) is 12.7 Å². The highest BCUT2D eigenvalue weighted by Crippen LogP contribution is 2.68. The quantitative estimate of drug-likeness (QED) is 0.522. The lowest BCUT2D eigenvalue weighted by Crippen LogP contribution is -2.85. The van der Waals surface area contributed by atoms with Crippen LogP contribution in [-0.4, -0.2) is 61.2 Å². The van der Waals surface area contributed by atoms with Gasteiger partial charge in [0.25, 0.3) is 0 Å². The van der Waals surface area contributed by atoms with Crippen LogP contribution in [0.5, 0.6) is 0 Å².